The standard InChI is InChI=1S/C12H12Cl2N2O2/c13-9-4-3-8(10(14)6-9)7-15-16-12(17)11-2-1-5-18-11/h3-4,6-7,11H,1-2,5H2,(H,16,17)/b15-7-/t11-/m1/s1. The third-order valence-corrected chi connectivity index (χ3v) is 3.13. The van der Waals surface area contributed by atoms with Gasteiger partial charge in [-0.25, -0.2) is 5.43 Å². The maximum atomic E-state index is 11.6. The molecule has 1 aliphatic heterocycles. The Balaban J connectivity index is 1.92. The zero-order valence-electron chi connectivity index (χ0n) is 9.53. The van der Waals surface area contributed by atoms with E-state index in [2.05, 4.69) is 10.5 Å². The van der Waals surface area contributed by atoms with Gasteiger partial charge in [0.2, 0.25) is 0 Å². The van der Waals surface area contributed by atoms with Gasteiger partial charge in [-0.2, -0.15) is 5.10 Å². The lowest BCUT2D eigenvalue weighted by molar-refractivity contribution is -0.130. The van der Waals surface area contributed by atoms with Gasteiger partial charge in [0.15, 0.2) is 0 Å². The predicted molar refractivity (Wildman–Crippen MR) is 71.2 cm³/mol. The number of amides is 1. The van der Waals surface area contributed by atoms with Crippen molar-refractivity contribution in [2.75, 3.05) is 6.61 Å². The number of hydrazone groups is 1. The lowest BCUT2D eigenvalue weighted by Crippen LogP contribution is -2.30. The molecule has 0 radical (unpaired) electrons. The molecule has 1 aromatic carbocycles. The quantitative estimate of drug-likeness (QED) is 0.686. The molecule has 0 aromatic heterocycles. The highest BCUT2D eigenvalue weighted by molar-refractivity contribution is 6.36. The molecule has 18 heavy (non-hydrogen) atoms. The van der Waals surface area contributed by atoms with Gasteiger partial charge >= 0.3 is 0 Å². The maximum absolute atomic E-state index is 11.6. The van der Waals surface area contributed by atoms with Crippen molar-refractivity contribution >= 4 is 35.3 Å². The van der Waals surface area contributed by atoms with Crippen LogP contribution in [0.3, 0.4) is 0 Å². The van der Waals surface area contributed by atoms with E-state index in [4.69, 9.17) is 27.9 Å². The van der Waals surface area contributed by atoms with Crippen molar-refractivity contribution in [3.63, 3.8) is 0 Å². The lowest BCUT2D eigenvalue weighted by atomic mass is 10.2. The molecular formula is C12H12Cl2N2O2. The molecule has 6 heteroatoms. The summed E-state index contributed by atoms with van der Waals surface area (Å²) >= 11 is 11.7. The molecule has 2 rings (SSSR count). The van der Waals surface area contributed by atoms with Crippen LogP contribution in [-0.4, -0.2) is 24.8 Å². The van der Waals surface area contributed by atoms with E-state index in [0.29, 0.717) is 22.2 Å². The van der Waals surface area contributed by atoms with Crippen LogP contribution >= 0.6 is 23.2 Å². The van der Waals surface area contributed by atoms with Crippen LogP contribution in [0.25, 0.3) is 0 Å². The summed E-state index contributed by atoms with van der Waals surface area (Å²) in [7, 11) is 0. The number of hydrogen-bond donors (Lipinski definition) is 1. The smallest absolute Gasteiger partial charge is 0.269 e. The predicted octanol–water partition coefficient (Wildman–Crippen LogP) is 2.62. The molecule has 1 amide bonds. The molecule has 0 aliphatic carbocycles. The van der Waals surface area contributed by atoms with Gasteiger partial charge < -0.3 is 4.74 Å². The van der Waals surface area contributed by atoms with Crippen molar-refractivity contribution in [3.8, 4) is 0 Å². The van der Waals surface area contributed by atoms with Crippen LogP contribution in [0.1, 0.15) is 18.4 Å². The third kappa shape index (κ3) is 3.45. The third-order valence-electron chi connectivity index (χ3n) is 2.56. The van der Waals surface area contributed by atoms with Crippen LogP contribution in [0.15, 0.2) is 23.3 Å². The Hall–Kier alpha value is -1.10. The van der Waals surface area contributed by atoms with E-state index in [-0.39, 0.29) is 12.0 Å². The fourth-order valence-electron chi connectivity index (χ4n) is 1.63. The summed E-state index contributed by atoms with van der Waals surface area (Å²) in [5.74, 6) is -0.228. The first kappa shape index (κ1) is 13.3. The Bertz CT molecular complexity index is 471. The summed E-state index contributed by atoms with van der Waals surface area (Å²) in [6, 6.07) is 5.05. The highest BCUT2D eigenvalue weighted by Crippen LogP contribution is 2.19. The topological polar surface area (TPSA) is 50.7 Å². The van der Waals surface area contributed by atoms with Gasteiger partial charge in [0, 0.05) is 17.2 Å². The van der Waals surface area contributed by atoms with Crippen molar-refractivity contribution in [2.24, 2.45) is 5.10 Å². The first-order chi connectivity index (χ1) is 8.66. The second kappa shape index (κ2) is 6.18. The van der Waals surface area contributed by atoms with Gasteiger partial charge in [-0.15, -0.1) is 0 Å². The number of ether oxygens (including phenoxy) is 1. The molecule has 0 unspecified atom stereocenters. The molecule has 0 spiro atoms. The number of hydrogen-bond acceptors (Lipinski definition) is 3. The molecule has 1 aliphatic rings. The number of nitrogens with one attached hydrogen (secondary N) is 1. The summed E-state index contributed by atoms with van der Waals surface area (Å²) in [5, 5.41) is 4.88. The Kier molecular flexibility index (Phi) is 4.58. The van der Waals surface area contributed by atoms with E-state index < -0.39 is 0 Å². The average Bonchev–Trinajstić information content (AvgIpc) is 2.85. The molecule has 1 heterocycles. The van der Waals surface area contributed by atoms with Gasteiger partial charge in [0.1, 0.15) is 6.10 Å². The number of nitrogens with zero attached hydrogens (tertiary/aromatic N) is 1. The largest absolute Gasteiger partial charge is 0.368 e. The van der Waals surface area contributed by atoms with Gasteiger partial charge in [0.25, 0.3) is 5.91 Å². The second-order valence-corrected chi connectivity index (χ2v) is 4.75. The van der Waals surface area contributed by atoms with Crippen LogP contribution in [0.4, 0.5) is 0 Å². The molecular weight excluding hydrogens is 275 g/mol. The van der Waals surface area contributed by atoms with Gasteiger partial charge in [0.05, 0.1) is 11.2 Å². The van der Waals surface area contributed by atoms with Crippen molar-refractivity contribution in [1.29, 1.82) is 0 Å². The summed E-state index contributed by atoms with van der Waals surface area (Å²) in [6.07, 6.45) is 2.74. The molecule has 1 saturated heterocycles. The first-order valence-electron chi connectivity index (χ1n) is 5.56. The van der Waals surface area contributed by atoms with Crippen molar-refractivity contribution in [2.45, 2.75) is 18.9 Å². The normalized spacial score (nSPS) is 19.3. The Morgan fingerprint density at radius 2 is 2.33 bits per heavy atom. The van der Waals surface area contributed by atoms with Gasteiger partial charge in [-0.3, -0.25) is 4.79 Å². The molecule has 96 valence electrons. The molecule has 1 N–H and O–H groups in total. The fourth-order valence-corrected chi connectivity index (χ4v) is 2.09. The SMILES string of the molecule is O=C(N/N=C\c1ccc(Cl)cc1Cl)[C@H]1CCCO1. The summed E-state index contributed by atoms with van der Waals surface area (Å²) in [5.41, 5.74) is 3.12. The molecule has 0 saturated carbocycles. The minimum absolute atomic E-state index is 0.228. The fraction of sp³-hybridized carbons (Fsp3) is 0.333. The number of carbonyl (C=O) groups excluding carboxylic acids is 1. The summed E-state index contributed by atoms with van der Waals surface area (Å²) < 4.78 is 5.23. The van der Waals surface area contributed by atoms with E-state index in [0.717, 1.165) is 12.8 Å². The lowest BCUT2D eigenvalue weighted by Gasteiger charge is -2.06. The second-order valence-electron chi connectivity index (χ2n) is 3.90. The molecule has 1 atom stereocenters. The van der Waals surface area contributed by atoms with E-state index in [1.807, 2.05) is 0 Å². The molecule has 4 nitrogen and oxygen atoms in total. The van der Waals surface area contributed by atoms with Crippen LogP contribution in [0.2, 0.25) is 10.0 Å². The van der Waals surface area contributed by atoms with Crippen LogP contribution in [0, 0.1) is 0 Å². The zero-order chi connectivity index (χ0) is 13.0. The monoisotopic (exact) mass is 286 g/mol. The van der Waals surface area contributed by atoms with Crippen LogP contribution < -0.4 is 5.43 Å². The molecule has 1 aromatic rings. The maximum Gasteiger partial charge on any atom is 0.269 e. The van der Waals surface area contributed by atoms with Crippen molar-refractivity contribution in [3.05, 3.63) is 33.8 Å². The van der Waals surface area contributed by atoms with Gasteiger partial charge in [-0.05, 0) is 25.0 Å². The molecule has 0 bridgehead atoms. The van der Waals surface area contributed by atoms with Gasteiger partial charge in [-0.1, -0.05) is 29.3 Å². The zero-order valence-corrected chi connectivity index (χ0v) is 11.0. The Morgan fingerprint density at radius 3 is 3.00 bits per heavy atom. The van der Waals surface area contributed by atoms with Crippen molar-refractivity contribution < 1.29 is 9.53 Å². The van der Waals surface area contributed by atoms with Crippen LogP contribution in [-0.2, 0) is 9.53 Å². The van der Waals surface area contributed by atoms with E-state index >= 15 is 0 Å². The first-order valence-corrected chi connectivity index (χ1v) is 6.32. The van der Waals surface area contributed by atoms with E-state index in [9.17, 15) is 4.79 Å². The number of carbonyl (C=O) groups is 1. The molecule has 1 fully saturated rings. The average molecular weight is 287 g/mol. The summed E-state index contributed by atoms with van der Waals surface area (Å²) in [4.78, 5) is 11.6. The highest BCUT2D eigenvalue weighted by atomic mass is 35.5. The number of rotatable bonds is 3. The number of halogens is 2. The minimum Gasteiger partial charge on any atom is -0.368 e. The van der Waals surface area contributed by atoms with E-state index in [1.54, 1.807) is 18.2 Å². The van der Waals surface area contributed by atoms with E-state index in [1.165, 1.54) is 6.21 Å². The Labute approximate surface area is 115 Å². The summed E-state index contributed by atoms with van der Waals surface area (Å²) in [6.45, 7) is 0.630. The Morgan fingerprint density at radius 1 is 1.50 bits per heavy atom. The number of benzene rings is 1. The van der Waals surface area contributed by atoms with Crippen molar-refractivity contribution in [1.82, 2.24) is 5.43 Å². The van der Waals surface area contributed by atoms with Crippen LogP contribution in [0.5, 0.6) is 0 Å². The highest BCUT2D eigenvalue weighted by Gasteiger charge is 2.22. The minimum atomic E-state index is -0.386.